The third-order valence-electron chi connectivity index (χ3n) is 2.66. The van der Waals surface area contributed by atoms with Crippen LogP contribution in [0.5, 0.6) is 0 Å². The highest BCUT2D eigenvalue weighted by Gasteiger charge is 2.07. The van der Waals surface area contributed by atoms with Crippen LogP contribution in [0.4, 0.5) is 22.1 Å². The number of amides is 1. The molecule has 0 radical (unpaired) electrons. The van der Waals surface area contributed by atoms with Gasteiger partial charge in [0.05, 0.1) is 12.3 Å². The third kappa shape index (κ3) is 4.34. The van der Waals surface area contributed by atoms with E-state index >= 15 is 0 Å². The molecule has 7 nitrogen and oxygen atoms in total. The maximum Gasteiger partial charge on any atom is 0.411 e. The molecular weight excluding hydrogens is 270 g/mol. The van der Waals surface area contributed by atoms with Gasteiger partial charge in [-0.25, -0.2) is 9.78 Å². The number of aromatic nitrogens is 2. The zero-order chi connectivity index (χ0) is 15.1. The van der Waals surface area contributed by atoms with Gasteiger partial charge in [-0.15, -0.1) is 0 Å². The van der Waals surface area contributed by atoms with Gasteiger partial charge in [0, 0.05) is 18.9 Å². The van der Waals surface area contributed by atoms with Gasteiger partial charge in [-0.3, -0.25) is 10.3 Å². The number of pyridine rings is 2. The molecule has 0 fully saturated rings. The summed E-state index contributed by atoms with van der Waals surface area (Å²) in [7, 11) is 0. The molecule has 2 heterocycles. The van der Waals surface area contributed by atoms with Crippen molar-refractivity contribution in [3.8, 4) is 0 Å². The molecule has 4 N–H and O–H groups in total. The average Bonchev–Trinajstić information content (AvgIpc) is 2.49. The predicted octanol–water partition coefficient (Wildman–Crippen LogP) is 2.24. The number of ether oxygens (including phenoxy) is 1. The molecule has 2 aromatic rings. The number of nitrogens with two attached hydrogens (primary N) is 1. The van der Waals surface area contributed by atoms with Gasteiger partial charge in [0.2, 0.25) is 0 Å². The SMILES string of the molecule is CCOC(=O)Nc1ccc(NCc2ccncc2)nc1N. The number of carbonyl (C=O) groups excluding carboxylic acids is 1. The molecule has 0 unspecified atom stereocenters. The smallest absolute Gasteiger partial charge is 0.411 e. The van der Waals surface area contributed by atoms with Crippen molar-refractivity contribution >= 4 is 23.4 Å². The Morgan fingerprint density at radius 1 is 1.29 bits per heavy atom. The first-order valence-corrected chi connectivity index (χ1v) is 6.52. The van der Waals surface area contributed by atoms with E-state index in [0.717, 1.165) is 5.56 Å². The largest absolute Gasteiger partial charge is 0.450 e. The van der Waals surface area contributed by atoms with Gasteiger partial charge in [0.25, 0.3) is 0 Å². The highest BCUT2D eigenvalue weighted by molar-refractivity contribution is 5.88. The van der Waals surface area contributed by atoms with Crippen LogP contribution in [0.25, 0.3) is 0 Å². The lowest BCUT2D eigenvalue weighted by Gasteiger charge is -2.10. The van der Waals surface area contributed by atoms with Crippen molar-refractivity contribution in [1.29, 1.82) is 0 Å². The molecule has 1 amide bonds. The first kappa shape index (κ1) is 14.6. The summed E-state index contributed by atoms with van der Waals surface area (Å²) in [5.74, 6) is 0.849. The second kappa shape index (κ2) is 7.09. The van der Waals surface area contributed by atoms with Gasteiger partial charge in [0.15, 0.2) is 0 Å². The second-order valence-corrected chi connectivity index (χ2v) is 4.18. The Hall–Kier alpha value is -2.83. The summed E-state index contributed by atoms with van der Waals surface area (Å²) >= 11 is 0. The molecule has 0 bridgehead atoms. The second-order valence-electron chi connectivity index (χ2n) is 4.18. The van der Waals surface area contributed by atoms with E-state index in [4.69, 9.17) is 10.5 Å². The Kier molecular flexibility index (Phi) is 4.92. The van der Waals surface area contributed by atoms with Gasteiger partial charge in [-0.2, -0.15) is 0 Å². The van der Waals surface area contributed by atoms with Crippen LogP contribution in [-0.2, 0) is 11.3 Å². The summed E-state index contributed by atoms with van der Waals surface area (Å²) in [6.07, 6.45) is 2.90. The molecule has 0 saturated carbocycles. The predicted molar refractivity (Wildman–Crippen MR) is 80.9 cm³/mol. The lowest BCUT2D eigenvalue weighted by atomic mass is 10.2. The van der Waals surface area contributed by atoms with Crippen molar-refractivity contribution < 1.29 is 9.53 Å². The summed E-state index contributed by atoms with van der Waals surface area (Å²) in [6.45, 7) is 2.64. The average molecular weight is 287 g/mol. The number of hydrogen-bond acceptors (Lipinski definition) is 6. The molecule has 2 aromatic heterocycles. The van der Waals surface area contributed by atoms with Crippen LogP contribution in [0.3, 0.4) is 0 Å². The first-order valence-electron chi connectivity index (χ1n) is 6.52. The summed E-state index contributed by atoms with van der Waals surface area (Å²) in [5, 5.41) is 5.67. The number of hydrogen-bond donors (Lipinski definition) is 3. The summed E-state index contributed by atoms with van der Waals surface area (Å²) in [5.41, 5.74) is 7.31. The number of rotatable bonds is 5. The van der Waals surface area contributed by atoms with Crippen molar-refractivity contribution in [2.24, 2.45) is 0 Å². The van der Waals surface area contributed by atoms with Crippen LogP contribution in [0.1, 0.15) is 12.5 Å². The van der Waals surface area contributed by atoms with E-state index in [0.29, 0.717) is 24.7 Å². The molecule has 0 aliphatic rings. The molecule has 0 atom stereocenters. The minimum absolute atomic E-state index is 0.225. The molecule has 0 saturated heterocycles. The lowest BCUT2D eigenvalue weighted by molar-refractivity contribution is 0.168. The fourth-order valence-corrected chi connectivity index (χ4v) is 1.65. The molecule has 0 aromatic carbocycles. The van der Waals surface area contributed by atoms with Gasteiger partial charge >= 0.3 is 6.09 Å². The van der Waals surface area contributed by atoms with Crippen molar-refractivity contribution in [2.75, 3.05) is 23.0 Å². The molecule has 0 aliphatic carbocycles. The molecule has 0 aliphatic heterocycles. The van der Waals surface area contributed by atoms with Crippen LogP contribution in [0.2, 0.25) is 0 Å². The number of nitrogens with zero attached hydrogens (tertiary/aromatic N) is 2. The van der Waals surface area contributed by atoms with Crippen molar-refractivity contribution in [3.05, 3.63) is 42.2 Å². The Balaban J connectivity index is 1.97. The monoisotopic (exact) mass is 287 g/mol. The minimum Gasteiger partial charge on any atom is -0.450 e. The van der Waals surface area contributed by atoms with E-state index in [9.17, 15) is 4.79 Å². The highest BCUT2D eigenvalue weighted by atomic mass is 16.5. The number of anilines is 3. The Bertz CT molecular complexity index is 604. The Morgan fingerprint density at radius 3 is 2.71 bits per heavy atom. The van der Waals surface area contributed by atoms with Gasteiger partial charge < -0.3 is 15.8 Å². The minimum atomic E-state index is -0.552. The van der Waals surface area contributed by atoms with E-state index < -0.39 is 6.09 Å². The maximum absolute atomic E-state index is 11.3. The van der Waals surface area contributed by atoms with Crippen molar-refractivity contribution in [1.82, 2.24) is 9.97 Å². The molecule has 7 heteroatoms. The summed E-state index contributed by atoms with van der Waals surface area (Å²) < 4.78 is 4.78. The summed E-state index contributed by atoms with van der Waals surface area (Å²) in [6, 6.07) is 7.23. The molecule has 0 spiro atoms. The fraction of sp³-hybridized carbons (Fsp3) is 0.214. The van der Waals surface area contributed by atoms with Crippen LogP contribution < -0.4 is 16.4 Å². The van der Waals surface area contributed by atoms with Crippen molar-refractivity contribution in [3.63, 3.8) is 0 Å². The molecular formula is C14H17N5O2. The van der Waals surface area contributed by atoms with E-state index in [2.05, 4.69) is 20.6 Å². The van der Waals surface area contributed by atoms with Gasteiger partial charge in [-0.05, 0) is 36.8 Å². The van der Waals surface area contributed by atoms with Crippen molar-refractivity contribution in [2.45, 2.75) is 13.5 Å². The fourth-order valence-electron chi connectivity index (χ4n) is 1.65. The molecule has 2 rings (SSSR count). The Labute approximate surface area is 122 Å². The maximum atomic E-state index is 11.3. The van der Waals surface area contributed by atoms with Crippen LogP contribution >= 0.6 is 0 Å². The number of carbonyl (C=O) groups is 1. The topological polar surface area (TPSA) is 102 Å². The highest BCUT2D eigenvalue weighted by Crippen LogP contribution is 2.19. The van der Waals surface area contributed by atoms with E-state index in [1.807, 2.05) is 12.1 Å². The van der Waals surface area contributed by atoms with E-state index in [-0.39, 0.29) is 5.82 Å². The van der Waals surface area contributed by atoms with E-state index in [1.54, 1.807) is 31.5 Å². The van der Waals surface area contributed by atoms with Crippen LogP contribution in [0, 0.1) is 0 Å². The molecule has 21 heavy (non-hydrogen) atoms. The number of nitrogens with one attached hydrogen (secondary N) is 2. The van der Waals surface area contributed by atoms with Crippen LogP contribution in [0.15, 0.2) is 36.7 Å². The third-order valence-corrected chi connectivity index (χ3v) is 2.66. The zero-order valence-electron chi connectivity index (χ0n) is 11.7. The lowest BCUT2D eigenvalue weighted by Crippen LogP contribution is -2.15. The zero-order valence-corrected chi connectivity index (χ0v) is 11.7. The quantitative estimate of drug-likeness (QED) is 0.779. The first-order chi connectivity index (χ1) is 10.2. The normalized spacial score (nSPS) is 9.95. The van der Waals surface area contributed by atoms with Gasteiger partial charge in [-0.1, -0.05) is 0 Å². The Morgan fingerprint density at radius 2 is 2.05 bits per heavy atom. The molecule has 110 valence electrons. The summed E-state index contributed by atoms with van der Waals surface area (Å²) in [4.78, 5) is 19.5. The van der Waals surface area contributed by atoms with Gasteiger partial charge in [0.1, 0.15) is 11.6 Å². The van der Waals surface area contributed by atoms with E-state index in [1.165, 1.54) is 0 Å². The van der Waals surface area contributed by atoms with Crippen LogP contribution in [-0.4, -0.2) is 22.7 Å². The standard InChI is InChI=1S/C14H17N5O2/c1-2-21-14(20)18-11-3-4-12(19-13(11)15)17-9-10-5-7-16-8-6-10/h3-8H,2,9H2,1H3,(H,18,20)(H3,15,17,19). The number of nitrogen functional groups attached to an aromatic ring is 1.